The summed E-state index contributed by atoms with van der Waals surface area (Å²) in [5.41, 5.74) is 1.45. The highest BCUT2D eigenvalue weighted by atomic mass is 19.1. The average molecular weight is 494 g/mol. The van der Waals surface area contributed by atoms with Gasteiger partial charge in [-0.15, -0.1) is 0 Å². The molecule has 0 spiro atoms. The fraction of sp³-hybridized carbons (Fsp3) is 0.357. The lowest BCUT2D eigenvalue weighted by atomic mass is 10.1. The Balaban J connectivity index is 1.48. The molecule has 0 aliphatic carbocycles. The molecule has 7 nitrogen and oxygen atoms in total. The zero-order valence-electron chi connectivity index (χ0n) is 20.5. The Morgan fingerprint density at radius 3 is 2.58 bits per heavy atom. The van der Waals surface area contributed by atoms with Gasteiger partial charge < -0.3 is 24.3 Å². The first-order chi connectivity index (χ1) is 17.5. The van der Waals surface area contributed by atoms with Crippen molar-refractivity contribution in [2.75, 3.05) is 31.6 Å². The van der Waals surface area contributed by atoms with Gasteiger partial charge in [-0.1, -0.05) is 36.4 Å². The highest BCUT2D eigenvalue weighted by Crippen LogP contribution is 2.17. The molecule has 3 amide bonds. The molecule has 2 heterocycles. The zero-order chi connectivity index (χ0) is 25.3. The Labute approximate surface area is 210 Å². The van der Waals surface area contributed by atoms with Crippen molar-refractivity contribution < 1.29 is 23.1 Å². The first kappa shape index (κ1) is 25.4. The lowest BCUT2D eigenvalue weighted by Gasteiger charge is -2.29. The highest BCUT2D eigenvalue weighted by Gasteiger charge is 2.27. The predicted molar refractivity (Wildman–Crippen MR) is 135 cm³/mol. The van der Waals surface area contributed by atoms with Crippen molar-refractivity contribution in [2.24, 2.45) is 0 Å². The summed E-state index contributed by atoms with van der Waals surface area (Å²) < 4.78 is 25.1. The van der Waals surface area contributed by atoms with Crippen LogP contribution in [0.1, 0.15) is 29.9 Å². The van der Waals surface area contributed by atoms with Gasteiger partial charge in [0, 0.05) is 25.4 Å². The first-order valence-electron chi connectivity index (χ1n) is 12.3. The van der Waals surface area contributed by atoms with Crippen LogP contribution in [0.5, 0.6) is 0 Å². The van der Waals surface area contributed by atoms with E-state index < -0.39 is 11.8 Å². The molecule has 1 fully saturated rings. The van der Waals surface area contributed by atoms with E-state index in [1.807, 2.05) is 49.4 Å². The van der Waals surface area contributed by atoms with Gasteiger partial charge in [0.2, 0.25) is 5.91 Å². The van der Waals surface area contributed by atoms with E-state index in [1.165, 1.54) is 23.1 Å². The third-order valence-electron chi connectivity index (χ3n) is 6.15. The van der Waals surface area contributed by atoms with Crippen LogP contribution in [0.4, 0.5) is 14.9 Å². The maximum atomic E-state index is 13.6. The minimum absolute atomic E-state index is 0.129. The third kappa shape index (κ3) is 7.42. The predicted octanol–water partition coefficient (Wildman–Crippen LogP) is 5.01. The van der Waals surface area contributed by atoms with Crippen LogP contribution in [0.2, 0.25) is 0 Å². The normalized spacial score (nSPS) is 15.0. The minimum atomic E-state index is -0.471. The minimum Gasteiger partial charge on any atom is -0.464 e. The summed E-state index contributed by atoms with van der Waals surface area (Å²) in [6.07, 6.45) is 2.27. The summed E-state index contributed by atoms with van der Waals surface area (Å²) >= 11 is 0. The number of halogens is 1. The van der Waals surface area contributed by atoms with Crippen LogP contribution in [-0.2, 0) is 22.5 Å². The smallest absolute Gasteiger partial charge is 0.322 e. The summed E-state index contributed by atoms with van der Waals surface area (Å²) in [4.78, 5) is 29.9. The van der Waals surface area contributed by atoms with Crippen LogP contribution in [0.25, 0.3) is 0 Å². The molecule has 4 rings (SSSR count). The van der Waals surface area contributed by atoms with E-state index in [9.17, 15) is 14.0 Å². The van der Waals surface area contributed by atoms with Gasteiger partial charge in [-0.3, -0.25) is 4.79 Å². The highest BCUT2D eigenvalue weighted by molar-refractivity contribution is 5.92. The Morgan fingerprint density at radius 1 is 1.06 bits per heavy atom. The quantitative estimate of drug-likeness (QED) is 0.431. The topological polar surface area (TPSA) is 75.0 Å². The number of hydrogen-bond acceptors (Lipinski definition) is 4. The van der Waals surface area contributed by atoms with E-state index >= 15 is 0 Å². The lowest BCUT2D eigenvalue weighted by Crippen LogP contribution is -2.47. The van der Waals surface area contributed by atoms with E-state index in [2.05, 4.69) is 5.32 Å². The molecule has 190 valence electrons. The van der Waals surface area contributed by atoms with Crippen LogP contribution in [0.15, 0.2) is 71.1 Å². The zero-order valence-corrected chi connectivity index (χ0v) is 20.5. The second-order valence-electron chi connectivity index (χ2n) is 9.02. The van der Waals surface area contributed by atoms with Gasteiger partial charge in [-0.25, -0.2) is 9.18 Å². The second-order valence-corrected chi connectivity index (χ2v) is 9.02. The molecular formula is C28H32FN3O4. The van der Waals surface area contributed by atoms with Crippen molar-refractivity contribution in [1.29, 1.82) is 0 Å². The number of hydrogen-bond donors (Lipinski definition) is 1. The van der Waals surface area contributed by atoms with Gasteiger partial charge in [0.1, 0.15) is 23.9 Å². The van der Waals surface area contributed by atoms with Crippen LogP contribution >= 0.6 is 0 Å². The molecule has 1 N–H and O–H groups in total. The molecule has 1 aromatic heterocycles. The molecule has 1 aliphatic rings. The fourth-order valence-electron chi connectivity index (χ4n) is 4.24. The summed E-state index contributed by atoms with van der Waals surface area (Å²) in [7, 11) is 0. The molecular weight excluding hydrogens is 461 g/mol. The van der Waals surface area contributed by atoms with Gasteiger partial charge in [0.15, 0.2) is 0 Å². The number of carbonyl (C=O) groups excluding carboxylic acids is 2. The molecule has 1 atom stereocenters. The number of furan rings is 1. The van der Waals surface area contributed by atoms with E-state index in [0.29, 0.717) is 37.6 Å². The van der Waals surface area contributed by atoms with E-state index in [1.54, 1.807) is 11.0 Å². The average Bonchev–Trinajstić information content (AvgIpc) is 3.53. The number of urea groups is 1. The van der Waals surface area contributed by atoms with Gasteiger partial charge >= 0.3 is 6.03 Å². The van der Waals surface area contributed by atoms with Gasteiger partial charge in [0.05, 0.1) is 12.6 Å². The standard InChI is InChI=1S/C28H32FN3O4/c1-21-12-13-26(36-21)19-31(15-14-22-7-3-2-4-8-22)27(33)20-32(18-25-11-6-16-35-25)28(34)30-24-10-5-9-23(29)17-24/h2-5,7-10,12-13,17,25H,6,11,14-16,18-20H2,1H3,(H,30,34). The maximum Gasteiger partial charge on any atom is 0.322 e. The van der Waals surface area contributed by atoms with Crippen molar-refractivity contribution in [3.05, 3.63) is 89.6 Å². The molecule has 3 aromatic rings. The largest absolute Gasteiger partial charge is 0.464 e. The Morgan fingerprint density at radius 2 is 1.89 bits per heavy atom. The fourth-order valence-corrected chi connectivity index (χ4v) is 4.24. The van der Waals surface area contributed by atoms with E-state index in [-0.39, 0.29) is 25.1 Å². The van der Waals surface area contributed by atoms with Crippen molar-refractivity contribution >= 4 is 17.6 Å². The molecule has 36 heavy (non-hydrogen) atoms. The number of aryl methyl sites for hydroxylation is 1. The summed E-state index contributed by atoms with van der Waals surface area (Å²) in [6, 6.07) is 18.9. The van der Waals surface area contributed by atoms with Gasteiger partial charge in [-0.05, 0) is 62.1 Å². The number of benzene rings is 2. The number of anilines is 1. The first-order valence-corrected chi connectivity index (χ1v) is 12.3. The van der Waals surface area contributed by atoms with Crippen molar-refractivity contribution in [1.82, 2.24) is 9.80 Å². The second kappa shape index (κ2) is 12.4. The molecule has 0 radical (unpaired) electrons. The number of nitrogens with zero attached hydrogens (tertiary/aromatic N) is 2. The molecule has 0 saturated carbocycles. The van der Waals surface area contributed by atoms with E-state index in [4.69, 9.17) is 9.15 Å². The maximum absolute atomic E-state index is 13.6. The Bertz CT molecular complexity index is 1140. The summed E-state index contributed by atoms with van der Waals surface area (Å²) in [6.45, 7) is 3.42. The molecule has 1 saturated heterocycles. The monoisotopic (exact) mass is 493 g/mol. The molecule has 0 bridgehead atoms. The Kier molecular flexibility index (Phi) is 8.73. The molecule has 1 aliphatic heterocycles. The van der Waals surface area contributed by atoms with Crippen LogP contribution in [0.3, 0.4) is 0 Å². The molecule has 8 heteroatoms. The van der Waals surface area contributed by atoms with Gasteiger partial charge in [0.25, 0.3) is 0 Å². The molecule has 1 unspecified atom stereocenters. The number of rotatable bonds is 10. The van der Waals surface area contributed by atoms with Crippen LogP contribution in [-0.4, -0.2) is 54.1 Å². The van der Waals surface area contributed by atoms with Crippen molar-refractivity contribution in [2.45, 2.75) is 38.8 Å². The van der Waals surface area contributed by atoms with E-state index in [0.717, 1.165) is 24.2 Å². The van der Waals surface area contributed by atoms with Crippen LogP contribution < -0.4 is 5.32 Å². The molecule has 2 aromatic carbocycles. The number of amides is 3. The Hall–Kier alpha value is -3.65. The van der Waals surface area contributed by atoms with Gasteiger partial charge in [-0.2, -0.15) is 0 Å². The SMILES string of the molecule is Cc1ccc(CN(CCc2ccccc2)C(=O)CN(CC2CCCO2)C(=O)Nc2cccc(F)c2)o1. The lowest BCUT2D eigenvalue weighted by molar-refractivity contribution is -0.132. The van der Waals surface area contributed by atoms with Crippen molar-refractivity contribution in [3.8, 4) is 0 Å². The number of nitrogens with one attached hydrogen (secondary N) is 1. The van der Waals surface area contributed by atoms with Crippen LogP contribution in [0, 0.1) is 12.7 Å². The summed E-state index contributed by atoms with van der Waals surface area (Å²) in [5.74, 6) is 0.807. The third-order valence-corrected chi connectivity index (χ3v) is 6.15. The summed E-state index contributed by atoms with van der Waals surface area (Å²) in [5, 5.41) is 2.71. The number of ether oxygens (including phenoxy) is 1. The van der Waals surface area contributed by atoms with Crippen molar-refractivity contribution in [3.63, 3.8) is 0 Å². The number of carbonyl (C=O) groups is 2.